The minimum Gasteiger partial charge on any atom is -0.367 e. The van der Waals surface area contributed by atoms with Crippen LogP contribution in [0.1, 0.15) is 45.1 Å². The predicted molar refractivity (Wildman–Crippen MR) is 99.3 cm³/mol. The highest BCUT2D eigenvalue weighted by atomic mass is 19.4. The van der Waals surface area contributed by atoms with Crippen LogP contribution < -0.4 is 10.6 Å². The zero-order chi connectivity index (χ0) is 20.0. The second-order valence-corrected chi connectivity index (χ2v) is 7.22. The van der Waals surface area contributed by atoms with Crippen LogP contribution in [0.25, 0.3) is 0 Å². The van der Waals surface area contributed by atoms with Gasteiger partial charge in [0.15, 0.2) is 0 Å². The van der Waals surface area contributed by atoms with Crippen LogP contribution in [0.4, 0.5) is 18.9 Å². The summed E-state index contributed by atoms with van der Waals surface area (Å²) in [5.74, 6) is 0.131. The van der Waals surface area contributed by atoms with Gasteiger partial charge in [0, 0.05) is 44.3 Å². The van der Waals surface area contributed by atoms with Crippen LogP contribution in [0, 0.1) is 5.92 Å². The van der Waals surface area contributed by atoms with Crippen LogP contribution >= 0.6 is 0 Å². The van der Waals surface area contributed by atoms with E-state index in [0.717, 1.165) is 31.5 Å². The summed E-state index contributed by atoms with van der Waals surface area (Å²) in [4.78, 5) is 19.8. The highest BCUT2D eigenvalue weighted by molar-refractivity contribution is 5.79. The van der Waals surface area contributed by atoms with Crippen molar-refractivity contribution in [2.24, 2.45) is 11.7 Å². The van der Waals surface area contributed by atoms with E-state index in [4.69, 9.17) is 5.73 Å². The van der Waals surface area contributed by atoms with Crippen molar-refractivity contribution in [1.82, 2.24) is 9.88 Å². The molecule has 2 unspecified atom stereocenters. The van der Waals surface area contributed by atoms with Crippen LogP contribution in [-0.2, 0) is 11.0 Å². The molecule has 8 heteroatoms. The number of carbonyl (C=O) groups excluding carboxylic acids is 1. The highest BCUT2D eigenvalue weighted by Gasteiger charge is 2.34. The molecule has 0 bridgehead atoms. The molecule has 2 aliphatic rings. The van der Waals surface area contributed by atoms with Crippen molar-refractivity contribution in [3.63, 3.8) is 0 Å². The Balaban J connectivity index is 0.000000817. The quantitative estimate of drug-likeness (QED) is 0.847. The second kappa shape index (κ2) is 9.39. The molecular weight excluding hydrogens is 357 g/mol. The Hall–Kier alpha value is -1.83. The number of carbonyl (C=O) groups is 1. The van der Waals surface area contributed by atoms with E-state index >= 15 is 0 Å². The molecule has 1 aliphatic heterocycles. The van der Waals surface area contributed by atoms with Gasteiger partial charge >= 0.3 is 6.18 Å². The van der Waals surface area contributed by atoms with Crippen LogP contribution in [0.2, 0.25) is 0 Å². The summed E-state index contributed by atoms with van der Waals surface area (Å²) >= 11 is 0. The van der Waals surface area contributed by atoms with E-state index in [9.17, 15) is 18.0 Å². The van der Waals surface area contributed by atoms with Crippen LogP contribution in [0.15, 0.2) is 18.5 Å². The Labute approximate surface area is 158 Å². The fraction of sp³-hybridized carbons (Fsp3) is 0.684. The lowest BCUT2D eigenvalue weighted by Crippen LogP contribution is -2.50. The van der Waals surface area contributed by atoms with Crippen molar-refractivity contribution in [3.8, 4) is 0 Å². The molecule has 1 aliphatic carbocycles. The van der Waals surface area contributed by atoms with Gasteiger partial charge in [-0.05, 0) is 25.3 Å². The summed E-state index contributed by atoms with van der Waals surface area (Å²) in [6.07, 6.45) is 1.55. The molecule has 3 rings (SSSR count). The molecule has 0 radical (unpaired) electrons. The maximum atomic E-state index is 12.8. The third kappa shape index (κ3) is 5.82. The van der Waals surface area contributed by atoms with Crippen molar-refractivity contribution in [2.45, 2.75) is 51.7 Å². The van der Waals surface area contributed by atoms with Gasteiger partial charge in [-0.25, -0.2) is 0 Å². The lowest BCUT2D eigenvalue weighted by atomic mass is 10.1. The number of hydrogen-bond donors (Lipinski definition) is 1. The number of nitrogens with zero attached hydrogens (tertiary/aromatic N) is 3. The number of alkyl halides is 3. The summed E-state index contributed by atoms with van der Waals surface area (Å²) < 4.78 is 38.4. The molecule has 2 atom stereocenters. The lowest BCUT2D eigenvalue weighted by molar-refractivity contribution is -0.137. The fourth-order valence-electron chi connectivity index (χ4n) is 3.44. The fourth-order valence-corrected chi connectivity index (χ4v) is 3.44. The Bertz CT molecular complexity index is 615. The molecule has 1 aromatic heterocycles. The van der Waals surface area contributed by atoms with Crippen molar-refractivity contribution in [2.75, 3.05) is 31.1 Å². The molecule has 27 heavy (non-hydrogen) atoms. The molecular formula is C19H29F3N4O. The maximum Gasteiger partial charge on any atom is 0.417 e. The van der Waals surface area contributed by atoms with Crippen LogP contribution in [0.3, 0.4) is 0 Å². The van der Waals surface area contributed by atoms with Gasteiger partial charge in [-0.3, -0.25) is 9.78 Å². The Morgan fingerprint density at radius 3 is 2.33 bits per heavy atom. The van der Waals surface area contributed by atoms with Gasteiger partial charge in [0.1, 0.15) is 0 Å². The lowest BCUT2D eigenvalue weighted by Gasteiger charge is -2.37. The summed E-state index contributed by atoms with van der Waals surface area (Å²) in [7, 11) is 0. The molecule has 0 aromatic carbocycles. The number of amides is 1. The van der Waals surface area contributed by atoms with Gasteiger partial charge in [-0.2, -0.15) is 13.2 Å². The molecule has 1 saturated heterocycles. The van der Waals surface area contributed by atoms with E-state index in [1.165, 1.54) is 12.6 Å². The van der Waals surface area contributed by atoms with E-state index in [1.54, 1.807) is 4.90 Å². The molecule has 1 aromatic rings. The summed E-state index contributed by atoms with van der Waals surface area (Å²) in [5.41, 5.74) is 5.55. The number of aromatic nitrogens is 1. The number of halogens is 3. The molecule has 1 saturated carbocycles. The van der Waals surface area contributed by atoms with Gasteiger partial charge in [0.25, 0.3) is 0 Å². The third-order valence-corrected chi connectivity index (χ3v) is 4.83. The van der Waals surface area contributed by atoms with Crippen molar-refractivity contribution >= 4 is 11.6 Å². The van der Waals surface area contributed by atoms with E-state index in [2.05, 4.69) is 18.8 Å². The van der Waals surface area contributed by atoms with E-state index in [-0.39, 0.29) is 17.9 Å². The Kier molecular flexibility index (Phi) is 7.47. The van der Waals surface area contributed by atoms with Gasteiger partial charge in [0.2, 0.25) is 5.91 Å². The molecule has 5 nitrogen and oxygen atoms in total. The molecule has 2 heterocycles. The first-order valence-electron chi connectivity index (χ1n) is 9.57. The molecule has 0 spiro atoms. The minimum absolute atomic E-state index is 0.00164. The molecule has 1 amide bonds. The minimum atomic E-state index is -4.40. The van der Waals surface area contributed by atoms with Gasteiger partial charge in [-0.15, -0.1) is 0 Å². The topological polar surface area (TPSA) is 62.5 Å². The van der Waals surface area contributed by atoms with Crippen LogP contribution in [-0.4, -0.2) is 48.0 Å². The average Bonchev–Trinajstić information content (AvgIpc) is 3.08. The smallest absolute Gasteiger partial charge is 0.367 e. The summed E-state index contributed by atoms with van der Waals surface area (Å²) in [6, 6.07) is 1.22. The molecule has 152 valence electrons. The number of pyridine rings is 1. The summed E-state index contributed by atoms with van der Waals surface area (Å²) in [6.45, 7) is 6.29. The highest BCUT2D eigenvalue weighted by Crippen LogP contribution is 2.31. The number of anilines is 1. The predicted octanol–water partition coefficient (Wildman–Crippen LogP) is 3.29. The first kappa shape index (κ1) is 21.5. The zero-order valence-corrected chi connectivity index (χ0v) is 16.0. The first-order chi connectivity index (χ1) is 12.8. The molecule has 2 fully saturated rings. The monoisotopic (exact) mass is 386 g/mol. The summed E-state index contributed by atoms with van der Waals surface area (Å²) in [5, 5.41) is 0. The number of hydrogen-bond acceptors (Lipinski definition) is 4. The normalized spacial score (nSPS) is 23.0. The van der Waals surface area contributed by atoms with Crippen molar-refractivity contribution in [1.29, 1.82) is 0 Å². The van der Waals surface area contributed by atoms with E-state index < -0.39 is 11.7 Å². The Morgan fingerprint density at radius 1 is 1.19 bits per heavy atom. The average molecular weight is 386 g/mol. The SMILES string of the molecule is CCC.NC1CCC(C(=O)N2CCN(c3cncc(C(F)(F)F)c3)CC2)C1. The zero-order valence-electron chi connectivity index (χ0n) is 16.0. The van der Waals surface area contributed by atoms with Crippen LogP contribution in [0.5, 0.6) is 0 Å². The van der Waals surface area contributed by atoms with E-state index in [1.807, 2.05) is 4.90 Å². The Morgan fingerprint density at radius 2 is 1.81 bits per heavy atom. The van der Waals surface area contributed by atoms with E-state index in [0.29, 0.717) is 31.9 Å². The van der Waals surface area contributed by atoms with Gasteiger partial charge in [0.05, 0.1) is 17.4 Å². The largest absolute Gasteiger partial charge is 0.417 e. The van der Waals surface area contributed by atoms with Gasteiger partial charge in [-0.1, -0.05) is 20.3 Å². The second-order valence-electron chi connectivity index (χ2n) is 7.22. The standard InChI is InChI=1S/C16H21F3N4O.C3H8/c17-16(18,19)12-8-14(10-21-9-12)22-3-5-23(6-4-22)15(24)11-1-2-13(20)7-11;1-3-2/h8-11,13H,1-7,20H2;3H2,1-2H3. The maximum absolute atomic E-state index is 12.8. The molecule has 2 N–H and O–H groups in total. The third-order valence-electron chi connectivity index (χ3n) is 4.83. The van der Waals surface area contributed by atoms with Crippen molar-refractivity contribution < 1.29 is 18.0 Å². The van der Waals surface area contributed by atoms with Gasteiger partial charge < -0.3 is 15.5 Å². The number of piperazine rings is 1. The number of rotatable bonds is 2. The first-order valence-corrected chi connectivity index (χ1v) is 9.57. The van der Waals surface area contributed by atoms with Crippen molar-refractivity contribution in [3.05, 3.63) is 24.0 Å². The number of nitrogens with two attached hydrogens (primary N) is 1.